The summed E-state index contributed by atoms with van der Waals surface area (Å²) >= 11 is 2.19. The molecule has 3 aromatic rings. The third kappa shape index (κ3) is 5.95. The van der Waals surface area contributed by atoms with E-state index in [2.05, 4.69) is 38.0 Å². The number of ether oxygens (including phenoxy) is 1. The maximum atomic E-state index is 11.9. The van der Waals surface area contributed by atoms with Gasteiger partial charge in [-0.1, -0.05) is 23.4 Å². The van der Waals surface area contributed by atoms with Crippen LogP contribution in [-0.4, -0.2) is 23.3 Å². The van der Waals surface area contributed by atoms with E-state index in [0.29, 0.717) is 22.9 Å². The van der Waals surface area contributed by atoms with Gasteiger partial charge >= 0.3 is 0 Å². The van der Waals surface area contributed by atoms with E-state index in [0.717, 1.165) is 3.57 Å². The Bertz CT molecular complexity index is 945. The highest BCUT2D eigenvalue weighted by molar-refractivity contribution is 14.1. The SMILES string of the molecule is N/C(=N\OCC(=O)Nc1ccc(I)cc1)c1ccc(Oc2ccccc2)nc1. The fourth-order valence-electron chi connectivity index (χ4n) is 2.14. The van der Waals surface area contributed by atoms with Gasteiger partial charge in [-0.05, 0) is 65.1 Å². The van der Waals surface area contributed by atoms with Crippen LogP contribution in [0.2, 0.25) is 0 Å². The standard InChI is InChI=1S/C20H17IN4O3/c21-15-7-9-16(10-8-15)24-18(26)13-27-25-20(22)14-6-11-19(23-12-14)28-17-4-2-1-3-5-17/h1-12H,13H2,(H2,22,25)(H,24,26). The number of halogens is 1. The van der Waals surface area contributed by atoms with Crippen molar-refractivity contribution in [2.24, 2.45) is 10.9 Å². The first-order valence-electron chi connectivity index (χ1n) is 8.30. The number of carbonyl (C=O) groups excluding carboxylic acids is 1. The van der Waals surface area contributed by atoms with Gasteiger partial charge in [-0.2, -0.15) is 0 Å². The highest BCUT2D eigenvalue weighted by Crippen LogP contribution is 2.18. The summed E-state index contributed by atoms with van der Waals surface area (Å²) < 4.78 is 6.69. The molecule has 0 atom stereocenters. The Morgan fingerprint density at radius 3 is 2.50 bits per heavy atom. The molecule has 0 spiro atoms. The lowest BCUT2D eigenvalue weighted by atomic mass is 10.3. The number of oxime groups is 1. The van der Waals surface area contributed by atoms with Crippen LogP contribution in [0.5, 0.6) is 11.6 Å². The summed E-state index contributed by atoms with van der Waals surface area (Å²) in [6.45, 7) is -0.255. The van der Waals surface area contributed by atoms with Crippen molar-refractivity contribution >= 4 is 40.0 Å². The van der Waals surface area contributed by atoms with Crippen molar-refractivity contribution in [3.63, 3.8) is 0 Å². The lowest BCUT2D eigenvalue weighted by Gasteiger charge is -2.06. The molecule has 0 aliphatic carbocycles. The molecule has 0 aliphatic heterocycles. The Kier molecular flexibility index (Phi) is 6.79. The van der Waals surface area contributed by atoms with Crippen LogP contribution in [-0.2, 0) is 9.63 Å². The number of benzene rings is 2. The molecule has 7 nitrogen and oxygen atoms in total. The van der Waals surface area contributed by atoms with Crippen molar-refractivity contribution < 1.29 is 14.4 Å². The van der Waals surface area contributed by atoms with Gasteiger partial charge in [0, 0.05) is 27.1 Å². The number of nitrogens with two attached hydrogens (primary N) is 1. The molecule has 3 rings (SSSR count). The van der Waals surface area contributed by atoms with Gasteiger partial charge in [0.15, 0.2) is 12.4 Å². The van der Waals surface area contributed by atoms with Crippen LogP contribution in [0.4, 0.5) is 5.69 Å². The number of carbonyl (C=O) groups is 1. The second kappa shape index (κ2) is 9.70. The molecule has 3 N–H and O–H groups in total. The molecule has 1 amide bonds. The van der Waals surface area contributed by atoms with Gasteiger partial charge in [-0.3, -0.25) is 4.79 Å². The van der Waals surface area contributed by atoms with Gasteiger partial charge < -0.3 is 20.6 Å². The molecular weight excluding hydrogens is 471 g/mol. The maximum absolute atomic E-state index is 11.9. The minimum absolute atomic E-state index is 0.112. The molecule has 0 saturated heterocycles. The second-order valence-corrected chi connectivity index (χ2v) is 6.85. The molecule has 0 saturated carbocycles. The van der Waals surface area contributed by atoms with Gasteiger partial charge in [-0.25, -0.2) is 4.98 Å². The Morgan fingerprint density at radius 1 is 1.07 bits per heavy atom. The van der Waals surface area contributed by atoms with Gasteiger partial charge in [0.1, 0.15) is 5.75 Å². The van der Waals surface area contributed by atoms with E-state index in [1.165, 1.54) is 6.20 Å². The van der Waals surface area contributed by atoms with Crippen molar-refractivity contribution in [2.45, 2.75) is 0 Å². The van der Waals surface area contributed by atoms with Crippen molar-refractivity contribution in [3.05, 3.63) is 82.1 Å². The molecular formula is C20H17IN4O3. The number of nitrogens with one attached hydrogen (secondary N) is 1. The molecule has 142 valence electrons. The average Bonchev–Trinajstić information content (AvgIpc) is 2.71. The zero-order valence-corrected chi connectivity index (χ0v) is 16.9. The number of anilines is 1. The van der Waals surface area contributed by atoms with Crippen molar-refractivity contribution in [3.8, 4) is 11.6 Å². The lowest BCUT2D eigenvalue weighted by Crippen LogP contribution is -2.19. The molecule has 0 aliphatic rings. The summed E-state index contributed by atoms with van der Waals surface area (Å²) in [6, 6.07) is 20.1. The smallest absolute Gasteiger partial charge is 0.265 e. The van der Waals surface area contributed by atoms with Crippen LogP contribution >= 0.6 is 22.6 Å². The Balaban J connectivity index is 1.50. The first-order valence-corrected chi connectivity index (χ1v) is 9.38. The van der Waals surface area contributed by atoms with Crippen molar-refractivity contribution in [1.29, 1.82) is 0 Å². The van der Waals surface area contributed by atoms with Crippen molar-refractivity contribution in [2.75, 3.05) is 11.9 Å². The van der Waals surface area contributed by atoms with E-state index < -0.39 is 0 Å². The van der Waals surface area contributed by atoms with Crippen LogP contribution in [0.3, 0.4) is 0 Å². The number of hydrogen-bond acceptors (Lipinski definition) is 5. The monoisotopic (exact) mass is 488 g/mol. The van der Waals surface area contributed by atoms with Gasteiger partial charge in [0.2, 0.25) is 5.88 Å². The normalized spacial score (nSPS) is 11.0. The second-order valence-electron chi connectivity index (χ2n) is 5.61. The molecule has 1 aromatic heterocycles. The predicted octanol–water partition coefficient (Wildman–Crippen LogP) is 3.75. The molecule has 28 heavy (non-hydrogen) atoms. The zero-order chi connectivity index (χ0) is 19.8. The Hall–Kier alpha value is -3.14. The van der Waals surface area contributed by atoms with Crippen LogP contribution in [0.25, 0.3) is 0 Å². The first kappa shape index (κ1) is 19.6. The molecule has 0 radical (unpaired) electrons. The summed E-state index contributed by atoms with van der Waals surface area (Å²) in [4.78, 5) is 21.1. The summed E-state index contributed by atoms with van der Waals surface area (Å²) in [6.07, 6.45) is 1.52. The van der Waals surface area contributed by atoms with E-state index >= 15 is 0 Å². The molecule has 8 heteroatoms. The molecule has 0 fully saturated rings. The van der Waals surface area contributed by atoms with E-state index in [9.17, 15) is 4.79 Å². The summed E-state index contributed by atoms with van der Waals surface area (Å²) in [5.41, 5.74) is 7.10. The Labute approximate surface area is 175 Å². The number of para-hydroxylation sites is 1. The van der Waals surface area contributed by atoms with Crippen LogP contribution in [0.15, 0.2) is 78.1 Å². The number of amidine groups is 1. The minimum Gasteiger partial charge on any atom is -0.439 e. The maximum Gasteiger partial charge on any atom is 0.265 e. The minimum atomic E-state index is -0.331. The van der Waals surface area contributed by atoms with Gasteiger partial charge in [0.25, 0.3) is 5.91 Å². The number of aromatic nitrogens is 1. The van der Waals surface area contributed by atoms with Crippen LogP contribution in [0, 0.1) is 3.57 Å². The average molecular weight is 488 g/mol. The largest absolute Gasteiger partial charge is 0.439 e. The third-order valence-electron chi connectivity index (χ3n) is 3.48. The summed E-state index contributed by atoms with van der Waals surface area (Å²) in [5, 5.41) is 6.46. The van der Waals surface area contributed by atoms with E-state index in [4.69, 9.17) is 15.3 Å². The first-order chi connectivity index (χ1) is 13.6. The fourth-order valence-corrected chi connectivity index (χ4v) is 2.50. The topological polar surface area (TPSA) is 98.8 Å². The number of amides is 1. The van der Waals surface area contributed by atoms with Crippen molar-refractivity contribution in [1.82, 2.24) is 4.98 Å². The summed E-state index contributed by atoms with van der Waals surface area (Å²) in [5.74, 6) is 0.899. The number of hydrogen-bond donors (Lipinski definition) is 2. The number of nitrogens with zero attached hydrogens (tertiary/aromatic N) is 2. The molecule has 0 bridgehead atoms. The van der Waals surface area contributed by atoms with E-state index in [1.54, 1.807) is 12.1 Å². The quantitative estimate of drug-likeness (QED) is 0.229. The molecule has 1 heterocycles. The number of rotatable bonds is 7. The molecule has 2 aromatic carbocycles. The van der Waals surface area contributed by atoms with Gasteiger partial charge in [0.05, 0.1) is 0 Å². The predicted molar refractivity (Wildman–Crippen MR) is 115 cm³/mol. The van der Waals surface area contributed by atoms with E-state index in [1.807, 2.05) is 54.6 Å². The number of pyridine rings is 1. The van der Waals surface area contributed by atoms with Crippen LogP contribution in [0.1, 0.15) is 5.56 Å². The van der Waals surface area contributed by atoms with E-state index in [-0.39, 0.29) is 18.3 Å². The lowest BCUT2D eigenvalue weighted by molar-refractivity contribution is -0.120. The zero-order valence-electron chi connectivity index (χ0n) is 14.7. The highest BCUT2D eigenvalue weighted by atomic mass is 127. The van der Waals surface area contributed by atoms with Gasteiger partial charge in [-0.15, -0.1) is 0 Å². The fraction of sp³-hybridized carbons (Fsp3) is 0.0500. The summed E-state index contributed by atoms with van der Waals surface area (Å²) in [7, 11) is 0. The Morgan fingerprint density at radius 2 is 1.82 bits per heavy atom. The van der Waals surface area contributed by atoms with Crippen LogP contribution < -0.4 is 15.8 Å². The third-order valence-corrected chi connectivity index (χ3v) is 4.20. The molecule has 0 unspecified atom stereocenters. The highest BCUT2D eigenvalue weighted by Gasteiger charge is 2.05.